The Morgan fingerprint density at radius 1 is 1.19 bits per heavy atom. The second-order valence-corrected chi connectivity index (χ2v) is 11.4. The highest BCUT2D eigenvalue weighted by Crippen LogP contribution is 2.41. The Morgan fingerprint density at radius 3 is 2.59 bits per heavy atom. The van der Waals surface area contributed by atoms with Crippen molar-refractivity contribution in [1.29, 1.82) is 0 Å². The summed E-state index contributed by atoms with van der Waals surface area (Å²) in [6.07, 6.45) is 7.81. The summed E-state index contributed by atoms with van der Waals surface area (Å²) in [4.78, 5) is 28.3. The van der Waals surface area contributed by atoms with Crippen LogP contribution >= 0.6 is 0 Å². The van der Waals surface area contributed by atoms with Crippen LogP contribution in [0.4, 0.5) is 0 Å². The number of aliphatic imine (C=N–C) groups is 1. The van der Waals surface area contributed by atoms with E-state index in [0.717, 1.165) is 11.1 Å². The van der Waals surface area contributed by atoms with E-state index in [-0.39, 0.29) is 6.04 Å². The summed E-state index contributed by atoms with van der Waals surface area (Å²) in [5, 5.41) is 0. The van der Waals surface area contributed by atoms with E-state index in [4.69, 9.17) is 20.4 Å². The van der Waals surface area contributed by atoms with E-state index in [1.165, 1.54) is 10.6 Å². The van der Waals surface area contributed by atoms with Crippen molar-refractivity contribution in [3.05, 3.63) is 53.4 Å². The average molecular weight is 526 g/mol. The summed E-state index contributed by atoms with van der Waals surface area (Å²) >= 11 is 0. The molecule has 3 atom stereocenters. The van der Waals surface area contributed by atoms with Gasteiger partial charge >= 0.3 is 0 Å². The van der Waals surface area contributed by atoms with Crippen molar-refractivity contribution < 1.29 is 13.2 Å². The van der Waals surface area contributed by atoms with Crippen molar-refractivity contribution in [1.82, 2.24) is 34.1 Å². The molecule has 12 nitrogen and oxygen atoms in total. The van der Waals surface area contributed by atoms with Gasteiger partial charge in [0.15, 0.2) is 5.65 Å². The van der Waals surface area contributed by atoms with Gasteiger partial charge < -0.3 is 15.5 Å². The number of aromatic amines is 1. The lowest BCUT2D eigenvalue weighted by Gasteiger charge is -2.41. The van der Waals surface area contributed by atoms with E-state index in [1.807, 2.05) is 19.2 Å². The van der Waals surface area contributed by atoms with E-state index in [9.17, 15) is 8.42 Å². The van der Waals surface area contributed by atoms with Gasteiger partial charge in [-0.25, -0.2) is 28.4 Å². The van der Waals surface area contributed by atoms with Crippen LogP contribution < -0.4 is 10.5 Å². The Bertz CT molecular complexity index is 1460. The lowest BCUT2D eigenvalue weighted by molar-refractivity contribution is 0.164. The topological polar surface area (TPSA) is 156 Å². The maximum absolute atomic E-state index is 12.0. The third-order valence-corrected chi connectivity index (χ3v) is 8.53. The van der Waals surface area contributed by atoms with Gasteiger partial charge in [0.1, 0.15) is 17.5 Å². The average Bonchev–Trinajstić information content (AvgIpc) is 3.36. The lowest BCUT2D eigenvalue weighted by Crippen LogP contribution is -2.53. The van der Waals surface area contributed by atoms with Crippen LogP contribution in [0.25, 0.3) is 11.2 Å². The molecule has 0 saturated carbocycles. The molecular weight excluding hydrogens is 494 g/mol. The number of methoxy groups -OCH3 is 1. The number of aryl methyl sites for hydroxylation is 1. The number of hydrogen-bond donors (Lipinski definition) is 2. The van der Waals surface area contributed by atoms with Crippen LogP contribution in [0.1, 0.15) is 24.0 Å². The first-order chi connectivity index (χ1) is 17.6. The number of fused-ring (bicyclic) bond motifs is 1. The Kier molecular flexibility index (Phi) is 6.56. The fourth-order valence-electron chi connectivity index (χ4n) is 5.12. The summed E-state index contributed by atoms with van der Waals surface area (Å²) < 4.78 is 30.8. The fraction of sp³-hybridized carbons (Fsp3) is 0.458. The second kappa shape index (κ2) is 9.56. The molecule has 3 N–H and O–H groups in total. The molecule has 5 rings (SSSR count). The monoisotopic (exact) mass is 525 g/mol. The number of pyridine rings is 1. The maximum atomic E-state index is 12.0. The maximum Gasteiger partial charge on any atom is 0.212 e. The summed E-state index contributed by atoms with van der Waals surface area (Å²) in [7, 11) is -1.65. The Morgan fingerprint density at radius 2 is 1.95 bits per heavy atom. The molecule has 1 saturated heterocycles. The predicted octanol–water partition coefficient (Wildman–Crippen LogP) is 0.612. The van der Waals surface area contributed by atoms with Gasteiger partial charge in [0, 0.05) is 50.7 Å². The lowest BCUT2D eigenvalue weighted by atomic mass is 9.72. The minimum absolute atomic E-state index is 0.0382. The Labute approximate surface area is 215 Å². The molecule has 0 spiro atoms. The standard InChI is InChI=1S/C24H31N9O3S/c1-15(32-7-9-33(10-8-32)37(4,34)35)17-11-24(23(25)27-12-17,18-5-6-19(36-3)26-13-18)21-20-22(29-14-28-20)31-16(2)30-21/h5-6,11-15,23H,7-10,25H2,1-4H3,(H,28,29,30,31). The zero-order chi connectivity index (χ0) is 26.4. The zero-order valence-electron chi connectivity index (χ0n) is 21.3. The number of rotatable bonds is 6. The number of H-pyrrole nitrogens is 1. The molecule has 1 fully saturated rings. The molecule has 0 radical (unpaired) electrons. The summed E-state index contributed by atoms with van der Waals surface area (Å²) in [6, 6.07) is 3.68. The highest BCUT2D eigenvalue weighted by molar-refractivity contribution is 7.88. The molecule has 0 bridgehead atoms. The van der Waals surface area contributed by atoms with Gasteiger partial charge in [0.05, 0.1) is 30.8 Å². The quantitative estimate of drug-likeness (QED) is 0.471. The highest BCUT2D eigenvalue weighted by Gasteiger charge is 2.45. The Balaban J connectivity index is 1.62. The summed E-state index contributed by atoms with van der Waals surface area (Å²) in [6.45, 7) is 6.03. The SMILES string of the molecule is COc1ccc(C2(c3nc(C)nc4nc[nH]c34)C=C(C(C)N3CCN(S(C)(=O)=O)CC3)C=NC2N)cn1. The number of dihydropyridines is 1. The molecule has 3 aromatic heterocycles. The minimum Gasteiger partial charge on any atom is -0.481 e. The van der Waals surface area contributed by atoms with Crippen LogP contribution in [0.15, 0.2) is 41.3 Å². The van der Waals surface area contributed by atoms with Crippen LogP contribution in [-0.2, 0) is 15.4 Å². The third-order valence-electron chi connectivity index (χ3n) is 7.23. The van der Waals surface area contributed by atoms with Crippen LogP contribution in [0.2, 0.25) is 0 Å². The first-order valence-corrected chi connectivity index (χ1v) is 13.9. The van der Waals surface area contributed by atoms with Gasteiger partial charge in [-0.05, 0) is 25.0 Å². The molecule has 0 aromatic carbocycles. The van der Waals surface area contributed by atoms with Crippen molar-refractivity contribution in [2.45, 2.75) is 31.5 Å². The van der Waals surface area contributed by atoms with Crippen molar-refractivity contribution in [3.8, 4) is 5.88 Å². The predicted molar refractivity (Wildman–Crippen MR) is 140 cm³/mol. The zero-order valence-corrected chi connectivity index (χ0v) is 22.1. The van der Waals surface area contributed by atoms with Gasteiger partial charge in [0.2, 0.25) is 15.9 Å². The van der Waals surface area contributed by atoms with E-state index >= 15 is 0 Å². The highest BCUT2D eigenvalue weighted by atomic mass is 32.2. The number of imidazole rings is 1. The van der Waals surface area contributed by atoms with E-state index in [1.54, 1.807) is 25.7 Å². The van der Waals surface area contributed by atoms with Gasteiger partial charge in [-0.3, -0.25) is 9.89 Å². The second-order valence-electron chi connectivity index (χ2n) is 9.42. The molecule has 196 valence electrons. The normalized spacial score (nSPS) is 24.2. The largest absolute Gasteiger partial charge is 0.481 e. The van der Waals surface area contributed by atoms with E-state index in [2.05, 4.69) is 37.8 Å². The number of nitrogens with one attached hydrogen (secondary N) is 1. The van der Waals surface area contributed by atoms with Gasteiger partial charge in [0.25, 0.3) is 0 Å². The molecule has 0 amide bonds. The molecule has 3 aromatic rings. The van der Waals surface area contributed by atoms with Crippen LogP contribution in [-0.4, -0.2) is 101 Å². The number of ether oxygens (including phenoxy) is 1. The van der Waals surface area contributed by atoms with Gasteiger partial charge in [-0.2, -0.15) is 4.31 Å². The molecule has 2 aliphatic rings. The summed E-state index contributed by atoms with van der Waals surface area (Å²) in [5.74, 6) is 1.05. The molecule has 2 aliphatic heterocycles. The van der Waals surface area contributed by atoms with Gasteiger partial charge in [-0.15, -0.1) is 0 Å². The fourth-order valence-corrected chi connectivity index (χ4v) is 5.94. The number of nitrogens with two attached hydrogens (primary N) is 1. The smallest absolute Gasteiger partial charge is 0.212 e. The van der Waals surface area contributed by atoms with Crippen molar-refractivity contribution in [3.63, 3.8) is 0 Å². The van der Waals surface area contributed by atoms with Gasteiger partial charge in [-0.1, -0.05) is 12.1 Å². The number of piperazine rings is 1. The number of sulfonamides is 1. The number of aromatic nitrogens is 5. The van der Waals surface area contributed by atoms with Crippen molar-refractivity contribution >= 4 is 27.4 Å². The molecule has 3 unspecified atom stereocenters. The number of hydrogen-bond acceptors (Lipinski definition) is 10. The molecular formula is C24H31N9O3S. The first-order valence-electron chi connectivity index (χ1n) is 12.0. The first kappa shape index (κ1) is 25.4. The molecule has 5 heterocycles. The molecule has 0 aliphatic carbocycles. The number of nitrogens with zero attached hydrogens (tertiary/aromatic N) is 7. The van der Waals surface area contributed by atoms with Crippen molar-refractivity contribution in [2.75, 3.05) is 39.5 Å². The van der Waals surface area contributed by atoms with Crippen LogP contribution in [0.3, 0.4) is 0 Å². The van der Waals surface area contributed by atoms with E-state index < -0.39 is 21.6 Å². The van der Waals surface area contributed by atoms with Crippen LogP contribution in [0.5, 0.6) is 5.88 Å². The van der Waals surface area contributed by atoms with Crippen LogP contribution in [0, 0.1) is 6.92 Å². The third kappa shape index (κ3) is 4.52. The molecule has 37 heavy (non-hydrogen) atoms. The summed E-state index contributed by atoms with van der Waals surface area (Å²) in [5.41, 5.74) is 9.46. The minimum atomic E-state index is -3.21. The molecule has 13 heteroatoms. The van der Waals surface area contributed by atoms with Crippen molar-refractivity contribution in [2.24, 2.45) is 10.7 Å². The Hall–Kier alpha value is -3.26. The van der Waals surface area contributed by atoms with E-state index in [0.29, 0.717) is 54.7 Å².